The second-order valence-corrected chi connectivity index (χ2v) is 5.38. The van der Waals surface area contributed by atoms with E-state index < -0.39 is 27.6 Å². The van der Waals surface area contributed by atoms with E-state index in [1.807, 2.05) is 0 Å². The fraction of sp³-hybridized carbons (Fsp3) is 0.133. The summed E-state index contributed by atoms with van der Waals surface area (Å²) in [6.45, 7) is 0. The Labute approximate surface area is 129 Å². The highest BCUT2D eigenvalue weighted by Gasteiger charge is 2.62. The van der Waals surface area contributed by atoms with Gasteiger partial charge in [-0.25, -0.2) is 4.39 Å². The highest BCUT2D eigenvalue weighted by atomic mass is 35.5. The zero-order valence-electron chi connectivity index (χ0n) is 11.0. The van der Waals surface area contributed by atoms with Gasteiger partial charge in [0.15, 0.2) is 0 Å². The second-order valence-electron chi connectivity index (χ2n) is 4.81. The first kappa shape index (κ1) is 14.5. The van der Waals surface area contributed by atoms with Crippen molar-refractivity contribution in [3.8, 4) is 5.75 Å². The molecule has 0 aliphatic carbocycles. The van der Waals surface area contributed by atoms with Gasteiger partial charge in [0.25, 0.3) is 5.78 Å². The van der Waals surface area contributed by atoms with Crippen LogP contribution in [0.25, 0.3) is 0 Å². The average molecular weight is 322 g/mol. The number of hydrogen-bond acceptors (Lipinski definition) is 4. The molecule has 0 radical (unpaired) electrons. The molecule has 0 bridgehead atoms. The maximum Gasteiger partial charge on any atom is 0.397 e. The summed E-state index contributed by atoms with van der Waals surface area (Å²) in [6, 6.07) is 11.1. The molecule has 0 amide bonds. The highest BCUT2D eigenvalue weighted by molar-refractivity contribution is 6.37. The highest BCUT2D eigenvalue weighted by Crippen LogP contribution is 2.45. The van der Waals surface area contributed by atoms with Crippen molar-refractivity contribution < 1.29 is 18.8 Å². The number of ketones is 1. The quantitative estimate of drug-likeness (QED) is 0.368. The Morgan fingerprint density at radius 3 is 2.64 bits per heavy atom. The molecule has 1 heterocycles. The number of Topliss-reactive ketones (excluding diaryl/α,β-unsaturated/α-hetero) is 1. The van der Waals surface area contributed by atoms with Crippen molar-refractivity contribution in [1.29, 1.82) is 0 Å². The molecule has 2 aromatic rings. The van der Waals surface area contributed by atoms with Gasteiger partial charge in [0.1, 0.15) is 11.6 Å². The monoisotopic (exact) mass is 321 g/mol. The number of para-hydroxylation sites is 1. The summed E-state index contributed by atoms with van der Waals surface area (Å²) in [4.78, 5) is 20.5. The van der Waals surface area contributed by atoms with Crippen LogP contribution in [0.5, 0.6) is 5.75 Å². The average Bonchev–Trinajstić information content (AvgIpc) is 2.50. The summed E-state index contributed by atoms with van der Waals surface area (Å²) < 4.78 is 19.0. The number of fused-ring (bicyclic) bond motifs is 1. The van der Waals surface area contributed by atoms with E-state index in [0.29, 0.717) is 0 Å². The zero-order valence-corrected chi connectivity index (χ0v) is 11.8. The first-order valence-electron chi connectivity index (χ1n) is 6.34. The van der Waals surface area contributed by atoms with Gasteiger partial charge in [-0.1, -0.05) is 24.3 Å². The molecule has 3 rings (SSSR count). The number of rotatable bonds is 2. The van der Waals surface area contributed by atoms with Crippen LogP contribution in [0.15, 0.2) is 48.5 Å². The molecule has 5 nitrogen and oxygen atoms in total. The summed E-state index contributed by atoms with van der Waals surface area (Å²) in [5, 5.41) is 11.4. The van der Waals surface area contributed by atoms with Crippen molar-refractivity contribution in [2.45, 2.75) is 11.1 Å². The summed E-state index contributed by atoms with van der Waals surface area (Å²) >= 11 is 6.05. The third kappa shape index (κ3) is 2.03. The van der Waals surface area contributed by atoms with E-state index >= 15 is 0 Å². The molecule has 2 unspecified atom stereocenters. The van der Waals surface area contributed by atoms with E-state index in [-0.39, 0.29) is 16.9 Å². The molecule has 0 fully saturated rings. The first-order chi connectivity index (χ1) is 10.4. The summed E-state index contributed by atoms with van der Waals surface area (Å²) in [6.07, 6.45) is -1.43. The molecule has 0 saturated heterocycles. The molecular weight excluding hydrogens is 313 g/mol. The Morgan fingerprint density at radius 2 is 1.95 bits per heavy atom. The molecule has 2 atom stereocenters. The lowest BCUT2D eigenvalue weighted by Gasteiger charge is -2.32. The van der Waals surface area contributed by atoms with Gasteiger partial charge >= 0.3 is 5.00 Å². The lowest BCUT2D eigenvalue weighted by atomic mass is 9.91. The Morgan fingerprint density at radius 1 is 1.23 bits per heavy atom. The lowest BCUT2D eigenvalue weighted by molar-refractivity contribution is -0.536. The van der Waals surface area contributed by atoms with Crippen molar-refractivity contribution in [3.05, 3.63) is 75.6 Å². The molecule has 2 aromatic carbocycles. The molecule has 0 N–H and O–H groups in total. The van der Waals surface area contributed by atoms with Crippen molar-refractivity contribution in [2.24, 2.45) is 0 Å². The molecule has 0 aromatic heterocycles. The van der Waals surface area contributed by atoms with Crippen molar-refractivity contribution in [1.82, 2.24) is 0 Å². The number of benzene rings is 2. The van der Waals surface area contributed by atoms with Crippen LogP contribution in [0.4, 0.5) is 4.39 Å². The molecule has 1 aliphatic rings. The van der Waals surface area contributed by atoms with Gasteiger partial charge in [0.2, 0.25) is 6.10 Å². The minimum atomic E-state index is -2.54. The molecule has 112 valence electrons. The van der Waals surface area contributed by atoms with Crippen molar-refractivity contribution >= 4 is 17.4 Å². The zero-order chi connectivity index (χ0) is 15.9. The number of carbonyl (C=O) groups is 1. The predicted molar refractivity (Wildman–Crippen MR) is 76.1 cm³/mol. The van der Waals surface area contributed by atoms with Gasteiger partial charge in [0.05, 0.1) is 10.5 Å². The van der Waals surface area contributed by atoms with Gasteiger partial charge in [-0.05, 0) is 35.9 Å². The number of nitrogens with zero attached hydrogens (tertiary/aromatic N) is 1. The molecule has 7 heteroatoms. The van der Waals surface area contributed by atoms with Crippen LogP contribution in [0, 0.1) is 15.9 Å². The third-order valence-electron chi connectivity index (χ3n) is 3.46. The molecule has 1 aliphatic heterocycles. The minimum absolute atomic E-state index is 0.0295. The first-order valence-corrected chi connectivity index (χ1v) is 6.71. The predicted octanol–water partition coefficient (Wildman–Crippen LogP) is 3.35. The minimum Gasteiger partial charge on any atom is -0.475 e. The topological polar surface area (TPSA) is 69.4 Å². The summed E-state index contributed by atoms with van der Waals surface area (Å²) in [7, 11) is 0. The smallest absolute Gasteiger partial charge is 0.397 e. The number of nitro groups is 1. The Hall–Kier alpha value is -2.47. The number of halogens is 2. The van der Waals surface area contributed by atoms with Crippen LogP contribution < -0.4 is 4.74 Å². The molecule has 0 spiro atoms. The van der Waals surface area contributed by atoms with Crippen molar-refractivity contribution in [3.63, 3.8) is 0 Å². The van der Waals surface area contributed by atoms with E-state index in [1.165, 1.54) is 30.3 Å². The van der Waals surface area contributed by atoms with Gasteiger partial charge in [-0.2, -0.15) is 0 Å². The van der Waals surface area contributed by atoms with Crippen LogP contribution in [0.3, 0.4) is 0 Å². The number of ether oxygens (including phenoxy) is 1. The number of alkyl halides is 1. The fourth-order valence-electron chi connectivity index (χ4n) is 2.41. The largest absolute Gasteiger partial charge is 0.475 e. The van der Waals surface area contributed by atoms with Gasteiger partial charge in [0, 0.05) is 5.56 Å². The third-order valence-corrected chi connectivity index (χ3v) is 3.97. The lowest BCUT2D eigenvalue weighted by Crippen LogP contribution is -2.51. The van der Waals surface area contributed by atoms with Crippen LogP contribution in [0.1, 0.15) is 22.0 Å². The van der Waals surface area contributed by atoms with Gasteiger partial charge < -0.3 is 4.74 Å². The Balaban J connectivity index is 2.20. The van der Waals surface area contributed by atoms with Crippen LogP contribution >= 0.6 is 11.6 Å². The van der Waals surface area contributed by atoms with Crippen LogP contribution in [-0.2, 0) is 0 Å². The number of hydrogen-bond donors (Lipinski definition) is 0. The van der Waals surface area contributed by atoms with Crippen LogP contribution in [0.2, 0.25) is 0 Å². The summed E-state index contributed by atoms with van der Waals surface area (Å²) in [5.74, 6) is -1.30. The standard InChI is InChI=1S/C15H9ClFNO4/c16-15(18(20)21)13(19)11-6-1-2-7-12(11)22-14(15)9-4-3-5-10(17)8-9/h1-8,14H. The normalized spacial score (nSPS) is 23.5. The van der Waals surface area contributed by atoms with Gasteiger partial charge in [-0.3, -0.25) is 14.9 Å². The van der Waals surface area contributed by atoms with Crippen LogP contribution in [-0.4, -0.2) is 15.7 Å². The van der Waals surface area contributed by atoms with Gasteiger partial charge in [-0.15, -0.1) is 0 Å². The molecule has 0 saturated carbocycles. The summed E-state index contributed by atoms with van der Waals surface area (Å²) in [5.41, 5.74) is 0.149. The van der Waals surface area contributed by atoms with Crippen molar-refractivity contribution in [2.75, 3.05) is 0 Å². The molecule has 22 heavy (non-hydrogen) atoms. The maximum atomic E-state index is 13.4. The fourth-order valence-corrected chi connectivity index (χ4v) is 2.68. The number of carbonyl (C=O) groups excluding carboxylic acids is 1. The van der Waals surface area contributed by atoms with E-state index in [0.717, 1.165) is 6.07 Å². The van der Waals surface area contributed by atoms with E-state index in [1.54, 1.807) is 12.1 Å². The van der Waals surface area contributed by atoms with E-state index in [2.05, 4.69) is 0 Å². The van der Waals surface area contributed by atoms with E-state index in [9.17, 15) is 19.3 Å². The Bertz CT molecular complexity index is 782. The second kappa shape index (κ2) is 5.06. The SMILES string of the molecule is O=C1c2ccccc2OC(c2cccc(F)c2)C1(Cl)[N+](=O)[O-]. The maximum absolute atomic E-state index is 13.4. The Kier molecular flexibility index (Phi) is 3.33. The molecular formula is C15H9ClFNO4. The van der Waals surface area contributed by atoms with E-state index in [4.69, 9.17) is 16.3 Å².